The molecular weight excluding hydrogens is 286 g/mol. The lowest BCUT2D eigenvalue weighted by Crippen LogP contribution is -2.45. The molecule has 114 valence electrons. The van der Waals surface area contributed by atoms with Gasteiger partial charge in [0, 0.05) is 57.4 Å². The zero-order chi connectivity index (χ0) is 13.8. The average molecular weight is 308 g/mol. The molecule has 1 saturated heterocycles. The number of aromatic nitrogens is 3. The van der Waals surface area contributed by atoms with Crippen molar-refractivity contribution in [3.05, 3.63) is 48.0 Å². The molecule has 0 saturated carbocycles. The number of nitrogens with one attached hydrogen (secondary N) is 1. The van der Waals surface area contributed by atoms with Crippen LogP contribution in [0, 0.1) is 0 Å². The minimum absolute atomic E-state index is 0. The highest BCUT2D eigenvalue weighted by molar-refractivity contribution is 5.85. The topological polar surface area (TPSA) is 46.0 Å². The van der Waals surface area contributed by atoms with E-state index in [1.54, 1.807) is 0 Å². The number of halogens is 1. The van der Waals surface area contributed by atoms with Gasteiger partial charge in [0.05, 0.1) is 5.69 Å². The van der Waals surface area contributed by atoms with E-state index in [-0.39, 0.29) is 12.4 Å². The Kier molecular flexibility index (Phi) is 5.73. The van der Waals surface area contributed by atoms with Gasteiger partial charge in [0.15, 0.2) is 0 Å². The van der Waals surface area contributed by atoms with Crippen molar-refractivity contribution >= 4 is 12.4 Å². The van der Waals surface area contributed by atoms with Crippen LogP contribution in [0.4, 0.5) is 0 Å². The van der Waals surface area contributed by atoms with Gasteiger partial charge in [-0.1, -0.05) is 6.07 Å². The molecular formula is C15H22ClN5. The average Bonchev–Trinajstić information content (AvgIpc) is 2.96. The van der Waals surface area contributed by atoms with Gasteiger partial charge in [-0.2, -0.15) is 5.10 Å². The summed E-state index contributed by atoms with van der Waals surface area (Å²) in [5.74, 6) is 0. The van der Waals surface area contributed by atoms with Gasteiger partial charge in [-0.05, 0) is 24.6 Å². The first kappa shape index (κ1) is 15.9. The largest absolute Gasteiger partial charge is 0.314 e. The van der Waals surface area contributed by atoms with E-state index in [4.69, 9.17) is 0 Å². The molecule has 1 unspecified atom stereocenters. The number of piperazine rings is 1. The molecule has 3 heterocycles. The molecule has 2 aromatic rings. The lowest BCUT2D eigenvalue weighted by molar-refractivity contribution is 0.149. The van der Waals surface area contributed by atoms with Crippen molar-refractivity contribution in [2.45, 2.75) is 26.1 Å². The second-order valence-electron chi connectivity index (χ2n) is 5.12. The smallest absolute Gasteiger partial charge is 0.0524 e. The van der Waals surface area contributed by atoms with Gasteiger partial charge in [0.2, 0.25) is 0 Å². The Balaban J connectivity index is 0.00000161. The quantitative estimate of drug-likeness (QED) is 0.936. The number of rotatable bonds is 4. The van der Waals surface area contributed by atoms with Crippen LogP contribution in [0.15, 0.2) is 36.8 Å². The normalized spacial score (nSPS) is 19.2. The molecule has 1 aliphatic rings. The zero-order valence-electron chi connectivity index (χ0n) is 12.3. The Morgan fingerprint density at radius 1 is 1.33 bits per heavy atom. The summed E-state index contributed by atoms with van der Waals surface area (Å²) in [4.78, 5) is 6.76. The molecule has 1 atom stereocenters. The van der Waals surface area contributed by atoms with Crippen LogP contribution in [0.5, 0.6) is 0 Å². The Labute approximate surface area is 131 Å². The van der Waals surface area contributed by atoms with E-state index < -0.39 is 0 Å². The van der Waals surface area contributed by atoms with Crippen LogP contribution in [0.25, 0.3) is 0 Å². The van der Waals surface area contributed by atoms with Gasteiger partial charge >= 0.3 is 0 Å². The molecule has 21 heavy (non-hydrogen) atoms. The lowest BCUT2D eigenvalue weighted by atomic mass is 10.1. The van der Waals surface area contributed by atoms with E-state index in [2.05, 4.69) is 44.0 Å². The number of aryl methyl sites for hydroxylation is 1. The van der Waals surface area contributed by atoms with Crippen LogP contribution < -0.4 is 5.32 Å². The minimum atomic E-state index is 0. The highest BCUT2D eigenvalue weighted by Gasteiger charge is 2.24. The molecule has 0 aliphatic carbocycles. The maximum atomic E-state index is 4.36. The monoisotopic (exact) mass is 307 g/mol. The van der Waals surface area contributed by atoms with Crippen molar-refractivity contribution in [1.82, 2.24) is 25.0 Å². The van der Waals surface area contributed by atoms with Gasteiger partial charge in [0.25, 0.3) is 0 Å². The predicted octanol–water partition coefficient (Wildman–Crippen LogP) is 1.87. The Hall–Kier alpha value is -1.43. The fourth-order valence-corrected chi connectivity index (χ4v) is 2.82. The van der Waals surface area contributed by atoms with Crippen LogP contribution in [-0.2, 0) is 13.1 Å². The standard InChI is InChI=1S/C15H21N5.ClH/c1-2-20-14(5-7-18-20)12-19-9-8-17-11-15(19)13-4-3-6-16-10-13;/h3-7,10,15,17H,2,8-9,11-12H2,1H3;1H. The van der Waals surface area contributed by atoms with Crippen molar-refractivity contribution in [2.75, 3.05) is 19.6 Å². The fraction of sp³-hybridized carbons (Fsp3) is 0.467. The van der Waals surface area contributed by atoms with Crippen LogP contribution in [0.3, 0.4) is 0 Å². The first-order valence-electron chi connectivity index (χ1n) is 7.24. The number of hydrogen-bond donors (Lipinski definition) is 1. The molecule has 6 heteroatoms. The molecule has 0 bridgehead atoms. The van der Waals surface area contributed by atoms with E-state index >= 15 is 0 Å². The first-order valence-corrected chi connectivity index (χ1v) is 7.24. The highest BCUT2D eigenvalue weighted by Crippen LogP contribution is 2.23. The number of pyridine rings is 1. The SMILES string of the molecule is CCn1nccc1CN1CCNCC1c1cccnc1.Cl. The molecule has 2 aromatic heterocycles. The molecule has 0 radical (unpaired) electrons. The van der Waals surface area contributed by atoms with Gasteiger partial charge in [-0.3, -0.25) is 14.6 Å². The first-order chi connectivity index (χ1) is 9.88. The van der Waals surface area contributed by atoms with Gasteiger partial charge < -0.3 is 5.32 Å². The third-order valence-corrected chi connectivity index (χ3v) is 3.89. The molecule has 0 spiro atoms. The van der Waals surface area contributed by atoms with E-state index in [0.717, 1.165) is 32.7 Å². The van der Waals surface area contributed by atoms with Gasteiger partial charge in [-0.25, -0.2) is 0 Å². The third kappa shape index (κ3) is 3.61. The summed E-state index contributed by atoms with van der Waals surface area (Å²) in [7, 11) is 0. The van der Waals surface area contributed by atoms with Gasteiger partial charge in [-0.15, -0.1) is 12.4 Å². The predicted molar refractivity (Wildman–Crippen MR) is 85.4 cm³/mol. The van der Waals surface area contributed by atoms with Crippen LogP contribution >= 0.6 is 12.4 Å². The Morgan fingerprint density at radius 2 is 2.24 bits per heavy atom. The molecule has 0 aromatic carbocycles. The Morgan fingerprint density at radius 3 is 3.00 bits per heavy atom. The van der Waals surface area contributed by atoms with Crippen molar-refractivity contribution in [2.24, 2.45) is 0 Å². The summed E-state index contributed by atoms with van der Waals surface area (Å²) in [5, 5.41) is 7.84. The fourth-order valence-electron chi connectivity index (χ4n) is 2.82. The number of nitrogens with zero attached hydrogens (tertiary/aromatic N) is 4. The minimum Gasteiger partial charge on any atom is -0.314 e. The van der Waals surface area contributed by atoms with Crippen molar-refractivity contribution in [1.29, 1.82) is 0 Å². The summed E-state index contributed by atoms with van der Waals surface area (Å²) in [6, 6.07) is 6.68. The Bertz CT molecular complexity index is 542. The van der Waals surface area contributed by atoms with Crippen LogP contribution in [0.1, 0.15) is 24.2 Å². The summed E-state index contributed by atoms with van der Waals surface area (Å²) < 4.78 is 2.07. The van der Waals surface area contributed by atoms with Crippen molar-refractivity contribution in [3.63, 3.8) is 0 Å². The van der Waals surface area contributed by atoms with E-state index in [1.807, 2.05) is 24.7 Å². The molecule has 3 rings (SSSR count). The van der Waals surface area contributed by atoms with E-state index in [0.29, 0.717) is 6.04 Å². The number of hydrogen-bond acceptors (Lipinski definition) is 4. The summed E-state index contributed by atoms with van der Waals surface area (Å²) in [6.45, 7) is 7.06. The molecule has 1 N–H and O–H groups in total. The van der Waals surface area contributed by atoms with E-state index in [9.17, 15) is 0 Å². The maximum Gasteiger partial charge on any atom is 0.0524 e. The second-order valence-corrected chi connectivity index (χ2v) is 5.12. The highest BCUT2D eigenvalue weighted by atomic mass is 35.5. The third-order valence-electron chi connectivity index (χ3n) is 3.89. The molecule has 1 aliphatic heterocycles. The molecule has 1 fully saturated rings. The molecule has 0 amide bonds. The van der Waals surface area contributed by atoms with Crippen molar-refractivity contribution in [3.8, 4) is 0 Å². The lowest BCUT2D eigenvalue weighted by Gasteiger charge is -2.36. The van der Waals surface area contributed by atoms with Gasteiger partial charge in [0.1, 0.15) is 0 Å². The second kappa shape index (κ2) is 7.54. The summed E-state index contributed by atoms with van der Waals surface area (Å²) in [6.07, 6.45) is 5.69. The summed E-state index contributed by atoms with van der Waals surface area (Å²) in [5.41, 5.74) is 2.56. The van der Waals surface area contributed by atoms with E-state index in [1.165, 1.54) is 11.3 Å². The maximum absolute atomic E-state index is 4.36. The molecule has 5 nitrogen and oxygen atoms in total. The van der Waals surface area contributed by atoms with Crippen LogP contribution in [0.2, 0.25) is 0 Å². The van der Waals surface area contributed by atoms with Crippen LogP contribution in [-0.4, -0.2) is 39.3 Å². The summed E-state index contributed by atoms with van der Waals surface area (Å²) >= 11 is 0. The zero-order valence-corrected chi connectivity index (χ0v) is 13.1. The van der Waals surface area contributed by atoms with Crippen molar-refractivity contribution < 1.29 is 0 Å².